The van der Waals surface area contributed by atoms with E-state index in [1.165, 1.54) is 24.6 Å². The monoisotopic (exact) mass is 304 g/mol. The van der Waals surface area contributed by atoms with Crippen LogP contribution in [0.4, 0.5) is 5.69 Å². The molecular formula is C16H20N2O2S. The first-order valence-electron chi connectivity index (χ1n) is 7.58. The third-order valence-electron chi connectivity index (χ3n) is 4.03. The van der Waals surface area contributed by atoms with Gasteiger partial charge in [-0.25, -0.2) is 0 Å². The molecule has 2 amide bonds. The Balaban J connectivity index is 1.65. The number of fused-ring (bicyclic) bond motifs is 1. The van der Waals surface area contributed by atoms with Gasteiger partial charge >= 0.3 is 0 Å². The first-order chi connectivity index (χ1) is 10.2. The molecule has 1 aromatic rings. The summed E-state index contributed by atoms with van der Waals surface area (Å²) in [5.41, 5.74) is 0.853. The number of hydrogen-bond acceptors (Lipinski definition) is 3. The molecule has 1 fully saturated rings. The number of amides is 2. The van der Waals surface area contributed by atoms with Gasteiger partial charge in [-0.2, -0.15) is 0 Å². The van der Waals surface area contributed by atoms with Crippen LogP contribution in [0.2, 0.25) is 0 Å². The van der Waals surface area contributed by atoms with Crippen LogP contribution in [-0.4, -0.2) is 35.1 Å². The minimum atomic E-state index is -0.310. The second-order valence-corrected chi connectivity index (χ2v) is 6.84. The topological polar surface area (TPSA) is 49.4 Å². The van der Waals surface area contributed by atoms with Gasteiger partial charge in [0.1, 0.15) is 0 Å². The zero-order valence-electron chi connectivity index (χ0n) is 12.0. The molecule has 5 heteroatoms. The normalized spacial score (nSPS) is 22.2. The van der Waals surface area contributed by atoms with Gasteiger partial charge in [-0.3, -0.25) is 9.59 Å². The van der Waals surface area contributed by atoms with Gasteiger partial charge in [0.2, 0.25) is 11.8 Å². The largest absolute Gasteiger partial charge is 0.343 e. The van der Waals surface area contributed by atoms with E-state index >= 15 is 0 Å². The Hall–Kier alpha value is -1.49. The molecule has 3 rings (SSSR count). The van der Waals surface area contributed by atoms with E-state index in [0.717, 1.165) is 36.5 Å². The van der Waals surface area contributed by atoms with Crippen LogP contribution in [0, 0.1) is 0 Å². The number of anilines is 1. The summed E-state index contributed by atoms with van der Waals surface area (Å²) in [4.78, 5) is 27.5. The highest BCUT2D eigenvalue weighted by molar-refractivity contribution is 8.01. The van der Waals surface area contributed by atoms with Crippen LogP contribution in [-0.2, 0) is 9.59 Å². The number of hydrogen-bond donors (Lipinski definition) is 1. The van der Waals surface area contributed by atoms with Crippen molar-refractivity contribution in [2.75, 3.05) is 18.4 Å². The molecule has 21 heavy (non-hydrogen) atoms. The van der Waals surface area contributed by atoms with E-state index in [-0.39, 0.29) is 17.1 Å². The summed E-state index contributed by atoms with van der Waals surface area (Å²) in [5, 5.41) is 2.59. The number of likely N-dealkylation sites (tertiary alicyclic amines) is 1. The van der Waals surface area contributed by atoms with E-state index in [9.17, 15) is 9.59 Å². The van der Waals surface area contributed by atoms with Gasteiger partial charge in [-0.1, -0.05) is 25.0 Å². The molecule has 1 aromatic carbocycles. The lowest BCUT2D eigenvalue weighted by Gasteiger charge is -2.26. The average molecular weight is 304 g/mol. The molecule has 1 saturated heterocycles. The van der Waals surface area contributed by atoms with Crippen LogP contribution < -0.4 is 5.32 Å². The minimum absolute atomic E-state index is 0.0538. The smallest absolute Gasteiger partial charge is 0.238 e. The fraction of sp³-hybridized carbons (Fsp3) is 0.500. The first-order valence-corrected chi connectivity index (χ1v) is 8.46. The molecule has 0 aliphatic carbocycles. The number of rotatable bonds is 2. The van der Waals surface area contributed by atoms with E-state index in [1.54, 1.807) is 0 Å². The van der Waals surface area contributed by atoms with Crippen LogP contribution in [0.5, 0.6) is 0 Å². The van der Waals surface area contributed by atoms with Gasteiger partial charge in [0.05, 0.1) is 10.9 Å². The molecule has 0 unspecified atom stereocenters. The van der Waals surface area contributed by atoms with Gasteiger partial charge in [0.25, 0.3) is 0 Å². The highest BCUT2D eigenvalue weighted by Crippen LogP contribution is 2.36. The van der Waals surface area contributed by atoms with Crippen LogP contribution in [0.3, 0.4) is 0 Å². The lowest BCUT2D eigenvalue weighted by Crippen LogP contribution is -2.38. The van der Waals surface area contributed by atoms with Crippen molar-refractivity contribution in [1.29, 1.82) is 0 Å². The zero-order chi connectivity index (χ0) is 14.7. The van der Waals surface area contributed by atoms with E-state index in [2.05, 4.69) is 5.32 Å². The highest BCUT2D eigenvalue weighted by Gasteiger charge is 2.30. The van der Waals surface area contributed by atoms with E-state index in [1.807, 2.05) is 29.2 Å². The van der Waals surface area contributed by atoms with Crippen molar-refractivity contribution in [1.82, 2.24) is 4.90 Å². The maximum Gasteiger partial charge on any atom is 0.238 e. The zero-order valence-corrected chi connectivity index (χ0v) is 12.8. The predicted octanol–water partition coefficient (Wildman–Crippen LogP) is 2.89. The predicted molar refractivity (Wildman–Crippen MR) is 84.4 cm³/mol. The van der Waals surface area contributed by atoms with E-state index in [4.69, 9.17) is 0 Å². The first kappa shape index (κ1) is 14.4. The SMILES string of the molecule is O=C1Nc2ccccc2S[C@@H]1CC(=O)N1CCCCCC1. The third kappa shape index (κ3) is 3.40. The second kappa shape index (κ2) is 6.52. The third-order valence-corrected chi connectivity index (χ3v) is 5.30. The Morgan fingerprint density at radius 1 is 1.19 bits per heavy atom. The summed E-state index contributed by atoms with van der Waals surface area (Å²) >= 11 is 1.50. The number of carbonyl (C=O) groups is 2. The number of nitrogens with zero attached hydrogens (tertiary/aromatic N) is 1. The second-order valence-electron chi connectivity index (χ2n) is 5.59. The van der Waals surface area contributed by atoms with E-state index < -0.39 is 0 Å². The Bertz CT molecular complexity index is 539. The fourth-order valence-corrected chi connectivity index (χ4v) is 3.94. The van der Waals surface area contributed by atoms with Gasteiger partial charge in [-0.05, 0) is 25.0 Å². The van der Waals surface area contributed by atoms with Gasteiger partial charge in [0, 0.05) is 24.4 Å². The summed E-state index contributed by atoms with van der Waals surface area (Å²) in [6, 6.07) is 7.75. The molecule has 1 atom stereocenters. The van der Waals surface area contributed by atoms with Crippen LogP contribution in [0.15, 0.2) is 29.2 Å². The Kier molecular flexibility index (Phi) is 4.48. The number of thioether (sulfide) groups is 1. The molecule has 0 bridgehead atoms. The number of para-hydroxylation sites is 1. The van der Waals surface area contributed by atoms with Gasteiger partial charge < -0.3 is 10.2 Å². The highest BCUT2D eigenvalue weighted by atomic mass is 32.2. The van der Waals surface area contributed by atoms with Crippen molar-refractivity contribution in [3.8, 4) is 0 Å². The van der Waals surface area contributed by atoms with Gasteiger partial charge in [0.15, 0.2) is 0 Å². The quantitative estimate of drug-likeness (QED) is 0.914. The van der Waals surface area contributed by atoms with Crippen LogP contribution in [0.1, 0.15) is 32.1 Å². The van der Waals surface area contributed by atoms with Crippen molar-refractivity contribution < 1.29 is 9.59 Å². The Morgan fingerprint density at radius 3 is 2.67 bits per heavy atom. The van der Waals surface area contributed by atoms with Gasteiger partial charge in [-0.15, -0.1) is 11.8 Å². The van der Waals surface area contributed by atoms with Crippen molar-refractivity contribution in [3.05, 3.63) is 24.3 Å². The summed E-state index contributed by atoms with van der Waals surface area (Å²) in [5.74, 6) is 0.0609. The van der Waals surface area contributed by atoms with Crippen molar-refractivity contribution in [2.45, 2.75) is 42.2 Å². The fourth-order valence-electron chi connectivity index (χ4n) is 2.83. The summed E-state index contributed by atoms with van der Waals surface area (Å²) in [6.07, 6.45) is 4.87. The lowest BCUT2D eigenvalue weighted by atomic mass is 10.2. The Labute approximate surface area is 129 Å². The molecule has 112 valence electrons. The molecule has 1 N–H and O–H groups in total. The maximum atomic E-state index is 12.4. The summed E-state index contributed by atoms with van der Waals surface area (Å²) in [6.45, 7) is 1.68. The molecule has 0 radical (unpaired) electrons. The van der Waals surface area contributed by atoms with Crippen LogP contribution >= 0.6 is 11.8 Å². The van der Waals surface area contributed by atoms with Crippen molar-refractivity contribution in [3.63, 3.8) is 0 Å². The summed E-state index contributed by atoms with van der Waals surface area (Å²) in [7, 11) is 0. The Morgan fingerprint density at radius 2 is 1.90 bits per heavy atom. The molecule has 4 nitrogen and oxygen atoms in total. The summed E-state index contributed by atoms with van der Waals surface area (Å²) < 4.78 is 0. The molecule has 0 saturated carbocycles. The standard InChI is InChI=1S/C16H20N2O2S/c19-15(18-9-5-1-2-6-10-18)11-14-16(20)17-12-7-3-4-8-13(12)21-14/h3-4,7-8,14H,1-2,5-6,9-11H2,(H,17,20)/t14-/m1/s1. The number of benzene rings is 1. The van der Waals surface area contributed by atoms with E-state index in [0.29, 0.717) is 6.42 Å². The van der Waals surface area contributed by atoms with Crippen molar-refractivity contribution in [2.24, 2.45) is 0 Å². The average Bonchev–Trinajstić information content (AvgIpc) is 2.77. The number of carbonyl (C=O) groups excluding carboxylic acids is 2. The maximum absolute atomic E-state index is 12.4. The minimum Gasteiger partial charge on any atom is -0.343 e. The molecule has 0 spiro atoms. The van der Waals surface area contributed by atoms with Crippen LogP contribution in [0.25, 0.3) is 0 Å². The number of nitrogens with one attached hydrogen (secondary N) is 1. The lowest BCUT2D eigenvalue weighted by molar-refractivity contribution is -0.132. The molecule has 0 aromatic heterocycles. The molecular weight excluding hydrogens is 284 g/mol. The molecule has 2 aliphatic heterocycles. The molecule has 2 aliphatic rings. The molecule has 2 heterocycles. The van der Waals surface area contributed by atoms with Crippen molar-refractivity contribution >= 4 is 29.3 Å².